The van der Waals surface area contributed by atoms with Crippen LogP contribution in [0.1, 0.15) is 11.1 Å². The third-order valence-corrected chi connectivity index (χ3v) is 2.53. The van der Waals surface area contributed by atoms with Crippen LogP contribution in [0.15, 0.2) is 17.0 Å². The van der Waals surface area contributed by atoms with E-state index < -0.39 is 5.82 Å². The highest BCUT2D eigenvalue weighted by atomic mass is 32.2. The van der Waals surface area contributed by atoms with Gasteiger partial charge in [-0.25, -0.2) is 4.39 Å². The Hall–Kier alpha value is -1.01. The van der Waals surface area contributed by atoms with Crippen LogP contribution in [0.4, 0.5) is 4.39 Å². The number of nitriles is 1. The molecule has 0 radical (unpaired) electrons. The Labute approximate surface area is 75.2 Å². The molecular formula is C9H8FNS. The van der Waals surface area contributed by atoms with Crippen molar-refractivity contribution in [2.75, 3.05) is 6.26 Å². The van der Waals surface area contributed by atoms with Crippen LogP contribution < -0.4 is 0 Å². The summed E-state index contributed by atoms with van der Waals surface area (Å²) >= 11 is 1.33. The van der Waals surface area contributed by atoms with Crippen LogP contribution in [0.5, 0.6) is 0 Å². The van der Waals surface area contributed by atoms with Gasteiger partial charge in [-0.15, -0.1) is 11.8 Å². The molecule has 0 atom stereocenters. The lowest BCUT2D eigenvalue weighted by molar-refractivity contribution is 0.595. The van der Waals surface area contributed by atoms with Crippen molar-refractivity contribution in [1.29, 1.82) is 5.26 Å². The van der Waals surface area contributed by atoms with Crippen LogP contribution >= 0.6 is 11.8 Å². The van der Waals surface area contributed by atoms with E-state index in [-0.39, 0.29) is 5.56 Å². The van der Waals surface area contributed by atoms with Gasteiger partial charge in [0.05, 0.1) is 5.56 Å². The van der Waals surface area contributed by atoms with E-state index in [1.165, 1.54) is 17.8 Å². The van der Waals surface area contributed by atoms with E-state index >= 15 is 0 Å². The topological polar surface area (TPSA) is 23.8 Å². The molecule has 0 heterocycles. The number of benzene rings is 1. The monoisotopic (exact) mass is 181 g/mol. The van der Waals surface area contributed by atoms with E-state index in [1.807, 2.05) is 13.0 Å². The van der Waals surface area contributed by atoms with Crippen LogP contribution in [0, 0.1) is 24.1 Å². The molecule has 0 unspecified atom stereocenters. The first kappa shape index (κ1) is 9.08. The largest absolute Gasteiger partial charge is 0.204 e. The van der Waals surface area contributed by atoms with E-state index in [2.05, 4.69) is 0 Å². The molecule has 12 heavy (non-hydrogen) atoms. The van der Waals surface area contributed by atoms with Gasteiger partial charge in [0, 0.05) is 4.90 Å². The number of hydrogen-bond acceptors (Lipinski definition) is 2. The maximum atomic E-state index is 13.3. The second-order valence-corrected chi connectivity index (χ2v) is 3.21. The maximum Gasteiger partial charge on any atom is 0.154 e. The summed E-state index contributed by atoms with van der Waals surface area (Å²) < 4.78 is 13.3. The Kier molecular flexibility index (Phi) is 2.72. The summed E-state index contributed by atoms with van der Waals surface area (Å²) in [5.41, 5.74) is 0.990. The van der Waals surface area contributed by atoms with Crippen LogP contribution in [0.25, 0.3) is 0 Å². The maximum absolute atomic E-state index is 13.3. The third kappa shape index (κ3) is 1.44. The molecule has 0 aliphatic rings. The number of halogens is 1. The summed E-state index contributed by atoms with van der Waals surface area (Å²) in [7, 11) is 0. The standard InChI is InChI=1S/C9H8FNS/c1-6-3-4-7(5-11)8(10)9(6)12-2/h3-4H,1-2H3. The predicted molar refractivity (Wildman–Crippen MR) is 47.6 cm³/mol. The van der Waals surface area contributed by atoms with E-state index in [4.69, 9.17) is 5.26 Å². The molecule has 3 heteroatoms. The Morgan fingerprint density at radius 2 is 2.17 bits per heavy atom. The third-order valence-electron chi connectivity index (χ3n) is 1.62. The molecule has 0 aliphatic carbocycles. The second-order valence-electron chi connectivity index (χ2n) is 2.39. The average molecular weight is 181 g/mol. The van der Waals surface area contributed by atoms with Crippen molar-refractivity contribution in [3.05, 3.63) is 29.1 Å². The van der Waals surface area contributed by atoms with Gasteiger partial charge in [0.25, 0.3) is 0 Å². The summed E-state index contributed by atoms with van der Waals surface area (Å²) in [5.74, 6) is -0.398. The number of aryl methyl sites for hydroxylation is 1. The Balaban J connectivity index is 3.36. The Morgan fingerprint density at radius 1 is 1.50 bits per heavy atom. The van der Waals surface area contributed by atoms with E-state index in [0.29, 0.717) is 4.90 Å². The fraction of sp³-hybridized carbons (Fsp3) is 0.222. The van der Waals surface area contributed by atoms with Crippen molar-refractivity contribution >= 4 is 11.8 Å². The Bertz CT molecular complexity index is 341. The molecule has 0 saturated carbocycles. The summed E-state index contributed by atoms with van der Waals surface area (Å²) in [6.45, 7) is 1.83. The lowest BCUT2D eigenvalue weighted by atomic mass is 10.1. The van der Waals surface area contributed by atoms with Crippen LogP contribution in [-0.4, -0.2) is 6.26 Å². The highest BCUT2D eigenvalue weighted by Gasteiger charge is 2.08. The fourth-order valence-electron chi connectivity index (χ4n) is 0.990. The first-order valence-corrected chi connectivity index (χ1v) is 4.66. The lowest BCUT2D eigenvalue weighted by Crippen LogP contribution is -1.90. The van der Waals surface area contributed by atoms with Crippen molar-refractivity contribution in [1.82, 2.24) is 0 Å². The molecule has 0 spiro atoms. The van der Waals surface area contributed by atoms with Gasteiger partial charge in [-0.3, -0.25) is 0 Å². The molecule has 1 nitrogen and oxygen atoms in total. The SMILES string of the molecule is CSc1c(C)ccc(C#N)c1F. The first-order chi connectivity index (χ1) is 5.70. The van der Waals surface area contributed by atoms with Gasteiger partial charge in [0.2, 0.25) is 0 Å². The number of thioether (sulfide) groups is 1. The van der Waals surface area contributed by atoms with Crippen molar-refractivity contribution in [2.24, 2.45) is 0 Å². The predicted octanol–water partition coefficient (Wildman–Crippen LogP) is 2.73. The lowest BCUT2D eigenvalue weighted by Gasteiger charge is -2.03. The van der Waals surface area contributed by atoms with E-state index in [9.17, 15) is 4.39 Å². The molecule has 0 saturated heterocycles. The minimum Gasteiger partial charge on any atom is -0.204 e. The van der Waals surface area contributed by atoms with Crippen LogP contribution in [0.2, 0.25) is 0 Å². The van der Waals surface area contributed by atoms with Gasteiger partial charge in [-0.05, 0) is 24.8 Å². The van der Waals surface area contributed by atoms with Crippen molar-refractivity contribution < 1.29 is 4.39 Å². The molecule has 0 amide bonds. The number of rotatable bonds is 1. The molecule has 0 aromatic heterocycles. The van der Waals surface area contributed by atoms with Gasteiger partial charge >= 0.3 is 0 Å². The zero-order valence-corrected chi connectivity index (χ0v) is 7.70. The smallest absolute Gasteiger partial charge is 0.154 e. The second kappa shape index (κ2) is 3.59. The first-order valence-electron chi connectivity index (χ1n) is 3.44. The molecule has 1 aromatic rings. The highest BCUT2D eigenvalue weighted by Crippen LogP contribution is 2.25. The Morgan fingerprint density at radius 3 is 2.67 bits per heavy atom. The fourth-order valence-corrected chi connectivity index (χ4v) is 1.67. The zero-order chi connectivity index (χ0) is 9.14. The average Bonchev–Trinajstić information content (AvgIpc) is 2.06. The summed E-state index contributed by atoms with van der Waals surface area (Å²) in [6.07, 6.45) is 1.80. The molecule has 0 fully saturated rings. The minimum absolute atomic E-state index is 0.116. The van der Waals surface area contributed by atoms with E-state index in [0.717, 1.165) is 5.56 Å². The zero-order valence-electron chi connectivity index (χ0n) is 6.89. The molecule has 1 rings (SSSR count). The molecule has 0 bridgehead atoms. The molecule has 62 valence electrons. The van der Waals surface area contributed by atoms with Crippen LogP contribution in [-0.2, 0) is 0 Å². The molecular weight excluding hydrogens is 173 g/mol. The number of hydrogen-bond donors (Lipinski definition) is 0. The van der Waals surface area contributed by atoms with Crippen molar-refractivity contribution in [3.63, 3.8) is 0 Å². The minimum atomic E-state index is -0.398. The molecule has 0 aliphatic heterocycles. The summed E-state index contributed by atoms with van der Waals surface area (Å²) in [5, 5.41) is 8.53. The molecule has 1 aromatic carbocycles. The quantitative estimate of drug-likeness (QED) is 0.622. The van der Waals surface area contributed by atoms with E-state index in [1.54, 1.807) is 12.3 Å². The summed E-state index contributed by atoms with van der Waals surface area (Å²) in [4.78, 5) is 0.564. The van der Waals surface area contributed by atoms with Crippen molar-refractivity contribution in [3.8, 4) is 6.07 Å². The van der Waals surface area contributed by atoms with Crippen LogP contribution in [0.3, 0.4) is 0 Å². The van der Waals surface area contributed by atoms with Gasteiger partial charge in [0.15, 0.2) is 5.82 Å². The highest BCUT2D eigenvalue weighted by molar-refractivity contribution is 7.98. The van der Waals surface area contributed by atoms with Crippen molar-refractivity contribution in [2.45, 2.75) is 11.8 Å². The molecule has 0 N–H and O–H groups in total. The van der Waals surface area contributed by atoms with Gasteiger partial charge < -0.3 is 0 Å². The van der Waals surface area contributed by atoms with Gasteiger partial charge in [-0.1, -0.05) is 6.07 Å². The normalized spacial score (nSPS) is 9.50. The van der Waals surface area contributed by atoms with Gasteiger partial charge in [-0.2, -0.15) is 5.26 Å². The summed E-state index contributed by atoms with van der Waals surface area (Å²) in [6, 6.07) is 5.07. The number of nitrogens with zero attached hydrogens (tertiary/aromatic N) is 1. The van der Waals surface area contributed by atoms with Gasteiger partial charge in [0.1, 0.15) is 6.07 Å².